The van der Waals surface area contributed by atoms with E-state index in [0.29, 0.717) is 16.5 Å². The molecule has 0 radical (unpaired) electrons. The molecule has 4 nitrogen and oxygen atoms in total. The maximum Gasteiger partial charge on any atom is 0.257 e. The van der Waals surface area contributed by atoms with E-state index in [9.17, 15) is 4.79 Å². The fourth-order valence-electron chi connectivity index (χ4n) is 1.17. The lowest BCUT2D eigenvalue weighted by atomic mass is 10.2. The van der Waals surface area contributed by atoms with Gasteiger partial charge in [0.2, 0.25) is 0 Å². The van der Waals surface area contributed by atoms with Gasteiger partial charge in [-0.2, -0.15) is 5.26 Å². The molecule has 1 N–H and O–H groups in total. The van der Waals surface area contributed by atoms with Gasteiger partial charge in [-0.1, -0.05) is 0 Å². The van der Waals surface area contributed by atoms with Gasteiger partial charge in [-0.15, -0.1) is 0 Å². The summed E-state index contributed by atoms with van der Waals surface area (Å²) in [6.07, 6.45) is 2.93. The summed E-state index contributed by atoms with van der Waals surface area (Å²) in [4.78, 5) is 17.7. The second-order valence-electron chi connectivity index (χ2n) is 2.54. The molecule has 2 aromatic rings. The number of nitrogens with zero attached hydrogens (tertiary/aromatic N) is 2. The van der Waals surface area contributed by atoms with Crippen LogP contribution in [0.4, 0.5) is 0 Å². The molecule has 2 heterocycles. The van der Waals surface area contributed by atoms with Crippen molar-refractivity contribution in [2.24, 2.45) is 0 Å². The van der Waals surface area contributed by atoms with Crippen molar-refractivity contribution in [3.8, 4) is 6.07 Å². The Bertz CT molecular complexity index is 551. The quantitative estimate of drug-likeness (QED) is 0.637. The van der Waals surface area contributed by atoms with E-state index in [1.807, 2.05) is 6.07 Å². The highest BCUT2D eigenvalue weighted by atomic mass is 16.1. The van der Waals surface area contributed by atoms with E-state index in [-0.39, 0.29) is 5.56 Å². The highest BCUT2D eigenvalue weighted by molar-refractivity contribution is 5.82. The molecule has 0 spiro atoms. The van der Waals surface area contributed by atoms with Gasteiger partial charge < -0.3 is 4.98 Å². The highest BCUT2D eigenvalue weighted by Gasteiger charge is 2.03. The standard InChI is InChI=1S/C9H5N3O/c10-4-6-5-12-9(13)7-2-1-3-11-8(6)7/h1-3,5H,(H,12,13). The van der Waals surface area contributed by atoms with Crippen molar-refractivity contribution in [2.45, 2.75) is 0 Å². The summed E-state index contributed by atoms with van der Waals surface area (Å²) in [7, 11) is 0. The average molecular weight is 171 g/mol. The number of aromatic nitrogens is 2. The summed E-state index contributed by atoms with van der Waals surface area (Å²) in [5, 5.41) is 9.16. The number of hydrogen-bond donors (Lipinski definition) is 1. The van der Waals surface area contributed by atoms with Crippen LogP contribution in [0.5, 0.6) is 0 Å². The minimum absolute atomic E-state index is 0.220. The van der Waals surface area contributed by atoms with Gasteiger partial charge in [0.1, 0.15) is 6.07 Å². The molecule has 0 amide bonds. The minimum Gasteiger partial charge on any atom is -0.327 e. The molecule has 13 heavy (non-hydrogen) atoms. The van der Waals surface area contributed by atoms with Crippen LogP contribution in [0.25, 0.3) is 10.9 Å². The van der Waals surface area contributed by atoms with Crippen molar-refractivity contribution in [3.05, 3.63) is 40.4 Å². The molecule has 0 aliphatic heterocycles. The minimum atomic E-state index is -0.220. The first-order valence-electron chi connectivity index (χ1n) is 3.69. The van der Waals surface area contributed by atoms with Crippen molar-refractivity contribution in [3.63, 3.8) is 0 Å². The maximum atomic E-state index is 11.2. The van der Waals surface area contributed by atoms with Gasteiger partial charge in [0.15, 0.2) is 0 Å². The third kappa shape index (κ3) is 1.07. The van der Waals surface area contributed by atoms with Gasteiger partial charge in [-0.3, -0.25) is 9.78 Å². The lowest BCUT2D eigenvalue weighted by molar-refractivity contribution is 1.24. The van der Waals surface area contributed by atoms with E-state index in [1.165, 1.54) is 6.20 Å². The summed E-state index contributed by atoms with van der Waals surface area (Å²) >= 11 is 0. The number of hydrogen-bond acceptors (Lipinski definition) is 3. The third-order valence-corrected chi connectivity index (χ3v) is 1.78. The first-order chi connectivity index (χ1) is 6.33. The van der Waals surface area contributed by atoms with Crippen LogP contribution in [0.3, 0.4) is 0 Å². The predicted octanol–water partition coefficient (Wildman–Crippen LogP) is 0.795. The fraction of sp³-hybridized carbons (Fsp3) is 0. The Labute approximate surface area is 73.5 Å². The predicted molar refractivity (Wildman–Crippen MR) is 47.1 cm³/mol. The Balaban J connectivity index is 3.04. The number of H-pyrrole nitrogens is 1. The molecule has 0 fully saturated rings. The molecule has 0 unspecified atom stereocenters. The van der Waals surface area contributed by atoms with E-state index < -0.39 is 0 Å². The van der Waals surface area contributed by atoms with Crippen molar-refractivity contribution in [1.82, 2.24) is 9.97 Å². The van der Waals surface area contributed by atoms with Crippen LogP contribution in [0, 0.1) is 11.3 Å². The lowest BCUT2D eigenvalue weighted by Gasteiger charge is -1.95. The van der Waals surface area contributed by atoms with Crippen LogP contribution in [0.15, 0.2) is 29.3 Å². The molecule has 0 aliphatic carbocycles. The lowest BCUT2D eigenvalue weighted by Crippen LogP contribution is -2.06. The largest absolute Gasteiger partial charge is 0.327 e. The van der Waals surface area contributed by atoms with Crippen LogP contribution in [0.2, 0.25) is 0 Å². The van der Waals surface area contributed by atoms with Crippen molar-refractivity contribution in [1.29, 1.82) is 5.26 Å². The molecule has 2 aromatic heterocycles. The normalized spacial score (nSPS) is 9.77. The van der Waals surface area contributed by atoms with Crippen molar-refractivity contribution in [2.75, 3.05) is 0 Å². The second kappa shape index (κ2) is 2.72. The smallest absolute Gasteiger partial charge is 0.257 e. The van der Waals surface area contributed by atoms with E-state index in [4.69, 9.17) is 5.26 Å². The number of rotatable bonds is 0. The Morgan fingerprint density at radius 2 is 2.38 bits per heavy atom. The Kier molecular flexibility index (Phi) is 1.57. The average Bonchev–Trinajstić information content (AvgIpc) is 2.19. The maximum absolute atomic E-state index is 11.2. The summed E-state index contributed by atoms with van der Waals surface area (Å²) in [5.41, 5.74) is 0.617. The third-order valence-electron chi connectivity index (χ3n) is 1.78. The molecule has 4 heteroatoms. The zero-order chi connectivity index (χ0) is 9.26. The highest BCUT2D eigenvalue weighted by Crippen LogP contribution is 2.08. The van der Waals surface area contributed by atoms with E-state index in [0.717, 1.165) is 0 Å². The van der Waals surface area contributed by atoms with Crippen molar-refractivity contribution >= 4 is 10.9 Å². The number of nitriles is 1. The Hall–Kier alpha value is -2.15. The second-order valence-corrected chi connectivity index (χ2v) is 2.54. The molecule has 0 aliphatic rings. The molecule has 0 aromatic carbocycles. The van der Waals surface area contributed by atoms with Crippen LogP contribution < -0.4 is 5.56 Å². The fourth-order valence-corrected chi connectivity index (χ4v) is 1.17. The molecule has 0 atom stereocenters. The number of fused-ring (bicyclic) bond motifs is 1. The van der Waals surface area contributed by atoms with E-state index >= 15 is 0 Å². The van der Waals surface area contributed by atoms with Gasteiger partial charge in [-0.05, 0) is 12.1 Å². The number of nitrogens with one attached hydrogen (secondary N) is 1. The summed E-state index contributed by atoms with van der Waals surface area (Å²) in [5.74, 6) is 0. The van der Waals surface area contributed by atoms with Gasteiger partial charge >= 0.3 is 0 Å². The molecule has 62 valence electrons. The van der Waals surface area contributed by atoms with Crippen LogP contribution in [0.1, 0.15) is 5.56 Å². The van der Waals surface area contributed by atoms with Crippen LogP contribution in [-0.2, 0) is 0 Å². The van der Waals surface area contributed by atoms with Crippen molar-refractivity contribution < 1.29 is 0 Å². The summed E-state index contributed by atoms with van der Waals surface area (Å²) in [6.45, 7) is 0. The van der Waals surface area contributed by atoms with Crippen LogP contribution in [-0.4, -0.2) is 9.97 Å². The topological polar surface area (TPSA) is 69.5 Å². The zero-order valence-electron chi connectivity index (χ0n) is 6.61. The monoisotopic (exact) mass is 171 g/mol. The first kappa shape index (κ1) is 7.50. The molecule has 2 rings (SSSR count). The number of aromatic amines is 1. The van der Waals surface area contributed by atoms with Gasteiger partial charge in [0, 0.05) is 12.4 Å². The summed E-state index contributed by atoms with van der Waals surface area (Å²) < 4.78 is 0. The molecule has 0 saturated heterocycles. The molecule has 0 saturated carbocycles. The first-order valence-corrected chi connectivity index (χ1v) is 3.69. The van der Waals surface area contributed by atoms with E-state index in [2.05, 4.69) is 9.97 Å². The van der Waals surface area contributed by atoms with Gasteiger partial charge in [0.25, 0.3) is 5.56 Å². The summed E-state index contributed by atoms with van der Waals surface area (Å²) in [6, 6.07) is 5.27. The van der Waals surface area contributed by atoms with Gasteiger partial charge in [0.05, 0.1) is 16.5 Å². The van der Waals surface area contributed by atoms with Crippen LogP contribution >= 0.6 is 0 Å². The van der Waals surface area contributed by atoms with E-state index in [1.54, 1.807) is 18.3 Å². The Morgan fingerprint density at radius 1 is 1.54 bits per heavy atom. The molecule has 0 bridgehead atoms. The molecular formula is C9H5N3O. The Morgan fingerprint density at radius 3 is 3.15 bits per heavy atom. The van der Waals surface area contributed by atoms with Gasteiger partial charge in [-0.25, -0.2) is 0 Å². The zero-order valence-corrected chi connectivity index (χ0v) is 6.61. The SMILES string of the molecule is N#Cc1c[nH]c(=O)c2cccnc12. The molecular weight excluding hydrogens is 166 g/mol. The number of pyridine rings is 2.